The SMILES string of the molecule is CS(=O)(=O)CC12CC(NC(=O)OCc3ccccc3)(C1)C2.CS(=O)[O-].[Na+]. The van der Waals surface area contributed by atoms with E-state index in [1.54, 1.807) is 0 Å². The van der Waals surface area contributed by atoms with E-state index in [-0.39, 0.29) is 52.9 Å². The zero-order valence-corrected chi connectivity index (χ0v) is 18.8. The molecule has 1 amide bonds. The fourth-order valence-electron chi connectivity index (χ4n) is 3.82. The van der Waals surface area contributed by atoms with E-state index in [0.29, 0.717) is 0 Å². The van der Waals surface area contributed by atoms with Crippen LogP contribution in [-0.2, 0) is 32.3 Å². The Bertz CT molecular complexity index is 729. The summed E-state index contributed by atoms with van der Waals surface area (Å²) >= 11 is -1.86. The number of ether oxygens (including phenoxy) is 1. The quantitative estimate of drug-likeness (QED) is 0.460. The molecule has 10 heteroatoms. The van der Waals surface area contributed by atoms with Gasteiger partial charge in [0.25, 0.3) is 0 Å². The summed E-state index contributed by atoms with van der Waals surface area (Å²) in [7, 11) is -2.95. The number of alkyl carbamates (subject to hydrolysis) is 1. The zero-order valence-electron chi connectivity index (χ0n) is 15.2. The van der Waals surface area contributed by atoms with E-state index in [4.69, 9.17) is 13.5 Å². The molecule has 0 saturated heterocycles. The van der Waals surface area contributed by atoms with Crippen molar-refractivity contribution in [2.24, 2.45) is 5.41 Å². The molecule has 3 aliphatic rings. The van der Waals surface area contributed by atoms with Crippen molar-refractivity contribution in [1.82, 2.24) is 5.32 Å². The van der Waals surface area contributed by atoms with E-state index in [0.717, 1.165) is 31.1 Å². The molecular formula is C16H22NNaO6S2. The first-order valence-corrected chi connectivity index (χ1v) is 11.3. The number of hydrogen-bond donors (Lipinski definition) is 1. The van der Waals surface area contributed by atoms with Crippen LogP contribution in [0.1, 0.15) is 24.8 Å². The van der Waals surface area contributed by atoms with E-state index in [1.165, 1.54) is 6.26 Å². The van der Waals surface area contributed by atoms with Gasteiger partial charge >= 0.3 is 35.7 Å². The Labute approximate surface area is 178 Å². The van der Waals surface area contributed by atoms with Crippen LogP contribution in [0.3, 0.4) is 0 Å². The number of carbonyl (C=O) groups is 1. The Hall–Kier alpha value is -0.450. The molecule has 3 aliphatic carbocycles. The van der Waals surface area contributed by atoms with Crippen LogP contribution in [0.4, 0.5) is 4.79 Å². The van der Waals surface area contributed by atoms with Crippen LogP contribution in [0.25, 0.3) is 0 Å². The summed E-state index contributed by atoms with van der Waals surface area (Å²) in [5.41, 5.74) is 0.623. The van der Waals surface area contributed by atoms with Gasteiger partial charge in [-0.15, -0.1) is 0 Å². The molecule has 1 aromatic rings. The summed E-state index contributed by atoms with van der Waals surface area (Å²) < 4.78 is 45.9. The Morgan fingerprint density at radius 2 is 1.77 bits per heavy atom. The largest absolute Gasteiger partial charge is 1.00 e. The molecular weight excluding hydrogens is 389 g/mol. The maximum Gasteiger partial charge on any atom is 1.00 e. The summed E-state index contributed by atoms with van der Waals surface area (Å²) in [6.45, 7) is 0.247. The number of carbonyl (C=O) groups excluding carboxylic acids is 1. The smallest absolute Gasteiger partial charge is 0.773 e. The summed E-state index contributed by atoms with van der Waals surface area (Å²) in [6.07, 6.45) is 4.15. The van der Waals surface area contributed by atoms with Crippen LogP contribution in [-0.4, -0.2) is 47.1 Å². The molecule has 2 bridgehead atoms. The second-order valence-electron chi connectivity index (χ2n) is 6.97. The fraction of sp³-hybridized carbons (Fsp3) is 0.562. The van der Waals surface area contributed by atoms with Crippen LogP contribution in [0.15, 0.2) is 30.3 Å². The van der Waals surface area contributed by atoms with Gasteiger partial charge in [-0.25, -0.2) is 13.2 Å². The zero-order chi connectivity index (χ0) is 18.7. The minimum absolute atomic E-state index is 0. The predicted octanol–water partition coefficient (Wildman–Crippen LogP) is -1.62. The van der Waals surface area contributed by atoms with Crippen LogP contribution in [0, 0.1) is 5.41 Å². The van der Waals surface area contributed by atoms with Gasteiger partial charge in [-0.3, -0.25) is 4.21 Å². The summed E-state index contributed by atoms with van der Waals surface area (Å²) in [4.78, 5) is 11.8. The third-order valence-electron chi connectivity index (χ3n) is 4.29. The molecule has 0 aliphatic heterocycles. The number of nitrogens with one attached hydrogen (secondary N) is 1. The molecule has 0 heterocycles. The van der Waals surface area contributed by atoms with Gasteiger partial charge in [0.1, 0.15) is 16.4 Å². The van der Waals surface area contributed by atoms with Gasteiger partial charge < -0.3 is 14.6 Å². The molecule has 1 atom stereocenters. The standard InChI is InChI=1S/C15H19NO4S.CH4O2S.Na/c1-21(18,19)11-14-8-15(9-14,10-14)16-13(17)20-7-12-5-3-2-4-6-12;1-4(2)3;/h2-6H,7-11H2,1H3,(H,16,17);1H3,(H,2,3);/q;;+1/p-1. The van der Waals surface area contributed by atoms with Crippen molar-refractivity contribution >= 4 is 27.0 Å². The van der Waals surface area contributed by atoms with Crippen molar-refractivity contribution in [3.05, 3.63) is 35.9 Å². The van der Waals surface area contributed by atoms with Crippen LogP contribution in [0.2, 0.25) is 0 Å². The Kier molecular flexibility index (Phi) is 8.31. The molecule has 0 aromatic heterocycles. The van der Waals surface area contributed by atoms with E-state index in [2.05, 4.69) is 5.32 Å². The first kappa shape index (κ1) is 23.6. The van der Waals surface area contributed by atoms with Crippen LogP contribution >= 0.6 is 0 Å². The number of amides is 1. The monoisotopic (exact) mass is 411 g/mol. The number of sulfone groups is 1. The van der Waals surface area contributed by atoms with E-state index >= 15 is 0 Å². The maximum atomic E-state index is 11.8. The first-order chi connectivity index (χ1) is 11.5. The van der Waals surface area contributed by atoms with Crippen LogP contribution in [0.5, 0.6) is 0 Å². The Morgan fingerprint density at radius 1 is 1.27 bits per heavy atom. The van der Waals surface area contributed by atoms with Crippen LogP contribution < -0.4 is 34.9 Å². The van der Waals surface area contributed by atoms with E-state index in [9.17, 15) is 13.2 Å². The van der Waals surface area contributed by atoms with Crippen molar-refractivity contribution in [2.75, 3.05) is 18.3 Å². The molecule has 26 heavy (non-hydrogen) atoms. The summed E-state index contributed by atoms with van der Waals surface area (Å²) in [5.74, 6) is 0.225. The van der Waals surface area contributed by atoms with Crippen molar-refractivity contribution in [3.63, 3.8) is 0 Å². The Balaban J connectivity index is 0.000000616. The average molecular weight is 411 g/mol. The van der Waals surface area contributed by atoms with Gasteiger partial charge in [0.15, 0.2) is 0 Å². The van der Waals surface area contributed by atoms with Gasteiger partial charge in [0, 0.05) is 11.8 Å². The number of benzene rings is 1. The van der Waals surface area contributed by atoms with Gasteiger partial charge in [0.05, 0.1) is 5.75 Å². The molecule has 7 nitrogen and oxygen atoms in total. The van der Waals surface area contributed by atoms with Gasteiger partial charge in [0.2, 0.25) is 0 Å². The minimum Gasteiger partial charge on any atom is -0.773 e. The molecule has 4 rings (SSSR count). The van der Waals surface area contributed by atoms with Crippen molar-refractivity contribution in [1.29, 1.82) is 0 Å². The topological polar surface area (TPSA) is 113 Å². The molecule has 1 N–H and O–H groups in total. The average Bonchev–Trinajstić information content (AvgIpc) is 2.41. The number of hydrogen-bond acceptors (Lipinski definition) is 6. The van der Waals surface area contributed by atoms with E-state index < -0.39 is 27.0 Å². The van der Waals surface area contributed by atoms with Crippen molar-refractivity contribution < 1.29 is 56.3 Å². The second-order valence-corrected chi connectivity index (χ2v) is 9.91. The third-order valence-corrected chi connectivity index (χ3v) is 5.43. The molecule has 1 aromatic carbocycles. The summed E-state index contributed by atoms with van der Waals surface area (Å²) in [6, 6.07) is 9.50. The first-order valence-electron chi connectivity index (χ1n) is 7.71. The predicted molar refractivity (Wildman–Crippen MR) is 93.3 cm³/mol. The maximum absolute atomic E-state index is 11.8. The minimum atomic E-state index is -2.95. The van der Waals surface area contributed by atoms with Crippen molar-refractivity contribution in [2.45, 2.75) is 31.4 Å². The Morgan fingerprint density at radius 3 is 2.23 bits per heavy atom. The normalized spacial score (nSPS) is 26.6. The molecule has 3 saturated carbocycles. The molecule has 140 valence electrons. The third kappa shape index (κ3) is 6.94. The molecule has 0 spiro atoms. The second kappa shape index (κ2) is 9.16. The van der Waals surface area contributed by atoms with Gasteiger partial charge in [-0.2, -0.15) is 0 Å². The van der Waals surface area contributed by atoms with E-state index in [1.807, 2.05) is 30.3 Å². The van der Waals surface area contributed by atoms with Crippen molar-refractivity contribution in [3.8, 4) is 0 Å². The fourth-order valence-corrected chi connectivity index (χ4v) is 5.23. The molecule has 0 radical (unpaired) electrons. The molecule has 1 unspecified atom stereocenters. The number of rotatable bonds is 5. The van der Waals surface area contributed by atoms with Gasteiger partial charge in [-0.1, -0.05) is 41.4 Å². The molecule has 3 fully saturated rings. The van der Waals surface area contributed by atoms with Gasteiger partial charge in [-0.05, 0) is 36.5 Å². The summed E-state index contributed by atoms with van der Waals surface area (Å²) in [5, 5.41) is 2.88.